The van der Waals surface area contributed by atoms with Gasteiger partial charge >= 0.3 is 0 Å². The van der Waals surface area contributed by atoms with E-state index in [1.165, 1.54) is 12.3 Å². The Kier molecular flexibility index (Phi) is 5.85. The number of ether oxygens (including phenoxy) is 1. The summed E-state index contributed by atoms with van der Waals surface area (Å²) < 4.78 is 5.26. The van der Waals surface area contributed by atoms with E-state index in [0.29, 0.717) is 24.7 Å². The number of rotatable bonds is 6. The lowest BCUT2D eigenvalue weighted by atomic mass is 10.1. The molecule has 0 fully saturated rings. The molecule has 1 rings (SSSR count). The minimum Gasteiger partial charge on any atom is -0.504 e. The van der Waals surface area contributed by atoms with Crippen molar-refractivity contribution in [3.05, 3.63) is 23.8 Å². The first-order chi connectivity index (χ1) is 9.02. The molecule has 1 amide bonds. The number of phenolic OH excluding ortho intramolecular Hbond substituents is 1. The van der Waals surface area contributed by atoms with Crippen LogP contribution in [-0.4, -0.2) is 23.8 Å². The number of hydrazone groups is 1. The molecule has 104 valence electrons. The topological polar surface area (TPSA) is 70.9 Å². The Morgan fingerprint density at radius 2 is 2.26 bits per heavy atom. The highest BCUT2D eigenvalue weighted by atomic mass is 16.5. The number of carbonyl (C=O) groups excluding carboxylic acids is 1. The van der Waals surface area contributed by atoms with Gasteiger partial charge in [0.2, 0.25) is 5.91 Å². The maximum absolute atomic E-state index is 11.4. The molecule has 0 saturated carbocycles. The van der Waals surface area contributed by atoms with Gasteiger partial charge in [0.1, 0.15) is 0 Å². The summed E-state index contributed by atoms with van der Waals surface area (Å²) in [6.45, 7) is 6.25. The molecule has 0 aliphatic rings. The molecule has 0 unspecified atom stereocenters. The van der Waals surface area contributed by atoms with Crippen molar-refractivity contribution < 1.29 is 14.6 Å². The largest absolute Gasteiger partial charge is 0.504 e. The zero-order chi connectivity index (χ0) is 14.3. The second kappa shape index (κ2) is 7.41. The average molecular weight is 264 g/mol. The van der Waals surface area contributed by atoms with Crippen molar-refractivity contribution >= 4 is 12.1 Å². The highest BCUT2D eigenvalue weighted by molar-refractivity contribution is 5.83. The SMILES string of the molecule is CCOc1cc(/C=N/NC(=O)CC(C)C)ccc1O. The number of nitrogens with one attached hydrogen (secondary N) is 1. The van der Waals surface area contributed by atoms with Crippen molar-refractivity contribution in [2.75, 3.05) is 6.61 Å². The molecule has 0 aliphatic carbocycles. The van der Waals surface area contributed by atoms with E-state index in [2.05, 4.69) is 10.5 Å². The highest BCUT2D eigenvalue weighted by Crippen LogP contribution is 2.26. The van der Waals surface area contributed by atoms with Gasteiger partial charge in [0, 0.05) is 6.42 Å². The van der Waals surface area contributed by atoms with Crippen LogP contribution in [0.15, 0.2) is 23.3 Å². The van der Waals surface area contributed by atoms with Crippen molar-refractivity contribution in [3.63, 3.8) is 0 Å². The van der Waals surface area contributed by atoms with E-state index in [-0.39, 0.29) is 11.7 Å². The molecule has 0 radical (unpaired) electrons. The number of nitrogens with zero attached hydrogens (tertiary/aromatic N) is 1. The number of hydrogen-bond donors (Lipinski definition) is 2. The monoisotopic (exact) mass is 264 g/mol. The molecular weight excluding hydrogens is 244 g/mol. The van der Waals surface area contributed by atoms with Gasteiger partial charge < -0.3 is 9.84 Å². The second-order valence-corrected chi connectivity index (χ2v) is 4.55. The van der Waals surface area contributed by atoms with E-state index in [4.69, 9.17) is 4.74 Å². The number of aromatic hydroxyl groups is 1. The summed E-state index contributed by atoms with van der Waals surface area (Å²) in [7, 11) is 0. The molecule has 1 aromatic carbocycles. The summed E-state index contributed by atoms with van der Waals surface area (Å²) in [4.78, 5) is 11.4. The van der Waals surface area contributed by atoms with Crippen LogP contribution in [-0.2, 0) is 4.79 Å². The maximum Gasteiger partial charge on any atom is 0.240 e. The smallest absolute Gasteiger partial charge is 0.240 e. The van der Waals surface area contributed by atoms with Crippen LogP contribution >= 0.6 is 0 Å². The van der Waals surface area contributed by atoms with Gasteiger partial charge in [-0.1, -0.05) is 13.8 Å². The van der Waals surface area contributed by atoms with Crippen LogP contribution in [0.1, 0.15) is 32.8 Å². The zero-order valence-corrected chi connectivity index (χ0v) is 11.5. The quantitative estimate of drug-likeness (QED) is 0.611. The third-order valence-electron chi connectivity index (χ3n) is 2.28. The summed E-state index contributed by atoms with van der Waals surface area (Å²) >= 11 is 0. The van der Waals surface area contributed by atoms with Crippen LogP contribution in [0.25, 0.3) is 0 Å². The van der Waals surface area contributed by atoms with Gasteiger partial charge in [0.15, 0.2) is 11.5 Å². The number of hydrogen-bond acceptors (Lipinski definition) is 4. The lowest BCUT2D eigenvalue weighted by Crippen LogP contribution is -2.19. The number of amides is 1. The Labute approximate surface area is 113 Å². The van der Waals surface area contributed by atoms with E-state index >= 15 is 0 Å². The van der Waals surface area contributed by atoms with Gasteiger partial charge in [-0.05, 0) is 36.6 Å². The fraction of sp³-hybridized carbons (Fsp3) is 0.429. The zero-order valence-electron chi connectivity index (χ0n) is 11.5. The molecule has 0 heterocycles. The van der Waals surface area contributed by atoms with Gasteiger partial charge in [-0.2, -0.15) is 5.10 Å². The maximum atomic E-state index is 11.4. The van der Waals surface area contributed by atoms with E-state index in [1.54, 1.807) is 12.1 Å². The van der Waals surface area contributed by atoms with Crippen LogP contribution in [0.2, 0.25) is 0 Å². The Bertz CT molecular complexity index is 456. The lowest BCUT2D eigenvalue weighted by Gasteiger charge is -2.06. The number of carbonyl (C=O) groups is 1. The van der Waals surface area contributed by atoms with E-state index in [1.807, 2.05) is 20.8 Å². The standard InChI is InChI=1S/C14H20N2O3/c1-4-19-13-8-11(5-6-12(13)17)9-15-16-14(18)7-10(2)3/h5-6,8-10,17H,4,7H2,1-3H3,(H,16,18)/b15-9+. The van der Waals surface area contributed by atoms with Gasteiger partial charge in [-0.15, -0.1) is 0 Å². The van der Waals surface area contributed by atoms with Gasteiger partial charge in [0.25, 0.3) is 0 Å². The molecule has 19 heavy (non-hydrogen) atoms. The second-order valence-electron chi connectivity index (χ2n) is 4.55. The molecule has 2 N–H and O–H groups in total. The molecule has 0 atom stereocenters. The summed E-state index contributed by atoms with van der Waals surface area (Å²) in [5.41, 5.74) is 3.20. The molecule has 5 nitrogen and oxygen atoms in total. The normalized spacial score (nSPS) is 10.9. The average Bonchev–Trinajstić information content (AvgIpc) is 2.32. The summed E-state index contributed by atoms with van der Waals surface area (Å²) in [5.74, 6) is 0.672. The van der Waals surface area contributed by atoms with Crippen LogP contribution in [0.4, 0.5) is 0 Å². The molecule has 1 aromatic rings. The fourth-order valence-corrected chi connectivity index (χ4v) is 1.48. The van der Waals surface area contributed by atoms with Crippen LogP contribution < -0.4 is 10.2 Å². The van der Waals surface area contributed by atoms with Crippen molar-refractivity contribution in [1.29, 1.82) is 0 Å². The predicted molar refractivity (Wildman–Crippen MR) is 74.5 cm³/mol. The minimum atomic E-state index is -0.116. The van der Waals surface area contributed by atoms with Crippen LogP contribution in [0, 0.1) is 5.92 Å². The highest BCUT2D eigenvalue weighted by Gasteiger charge is 2.03. The van der Waals surface area contributed by atoms with Gasteiger partial charge in [0.05, 0.1) is 12.8 Å². The predicted octanol–water partition coefficient (Wildman–Crippen LogP) is 2.29. The first kappa shape index (κ1) is 15.0. The Hall–Kier alpha value is -2.04. The van der Waals surface area contributed by atoms with Crippen LogP contribution in [0.3, 0.4) is 0 Å². The van der Waals surface area contributed by atoms with Crippen molar-refractivity contribution in [3.8, 4) is 11.5 Å². The first-order valence-corrected chi connectivity index (χ1v) is 6.30. The lowest BCUT2D eigenvalue weighted by molar-refractivity contribution is -0.121. The third kappa shape index (κ3) is 5.42. The summed E-state index contributed by atoms with van der Waals surface area (Å²) in [5, 5.41) is 13.4. The summed E-state index contributed by atoms with van der Waals surface area (Å²) in [6, 6.07) is 4.88. The molecular formula is C14H20N2O3. The van der Waals surface area contributed by atoms with E-state index in [0.717, 1.165) is 5.56 Å². The molecule has 5 heteroatoms. The summed E-state index contributed by atoms with van der Waals surface area (Å²) in [6.07, 6.45) is 1.96. The Morgan fingerprint density at radius 1 is 1.53 bits per heavy atom. The van der Waals surface area contributed by atoms with E-state index < -0.39 is 0 Å². The van der Waals surface area contributed by atoms with Crippen molar-refractivity contribution in [1.82, 2.24) is 5.43 Å². The van der Waals surface area contributed by atoms with E-state index in [9.17, 15) is 9.90 Å². The van der Waals surface area contributed by atoms with Crippen molar-refractivity contribution in [2.45, 2.75) is 27.2 Å². The molecule has 0 saturated heterocycles. The van der Waals surface area contributed by atoms with Gasteiger partial charge in [-0.3, -0.25) is 4.79 Å². The van der Waals surface area contributed by atoms with Crippen molar-refractivity contribution in [2.24, 2.45) is 11.0 Å². The Morgan fingerprint density at radius 3 is 2.89 bits per heavy atom. The number of benzene rings is 1. The molecule has 0 spiro atoms. The molecule has 0 aromatic heterocycles. The van der Waals surface area contributed by atoms with Crippen LogP contribution in [0.5, 0.6) is 11.5 Å². The fourth-order valence-electron chi connectivity index (χ4n) is 1.48. The molecule has 0 bridgehead atoms. The minimum absolute atomic E-state index is 0.0860. The molecule has 0 aliphatic heterocycles. The van der Waals surface area contributed by atoms with Gasteiger partial charge in [-0.25, -0.2) is 5.43 Å². The Balaban J connectivity index is 2.61. The number of phenols is 1. The first-order valence-electron chi connectivity index (χ1n) is 6.30. The third-order valence-corrected chi connectivity index (χ3v) is 2.28.